The number of alkyl halides is 2. The molecule has 0 saturated heterocycles. The second kappa shape index (κ2) is 4.25. The number of carboxylic acids is 1. The lowest BCUT2D eigenvalue weighted by atomic mass is 10.0. The van der Waals surface area contributed by atoms with Gasteiger partial charge in [0.1, 0.15) is 5.75 Å². The van der Waals surface area contributed by atoms with E-state index < -0.39 is 30.1 Å². The van der Waals surface area contributed by atoms with E-state index in [-0.39, 0.29) is 5.56 Å². The van der Waals surface area contributed by atoms with Gasteiger partial charge in [0.15, 0.2) is 0 Å². The normalized spacial score (nSPS) is 10.7. The highest BCUT2D eigenvalue weighted by Crippen LogP contribution is 2.32. The minimum Gasteiger partial charge on any atom is -0.507 e. The molecule has 5 heteroatoms. The molecule has 3 nitrogen and oxygen atoms in total. The predicted molar refractivity (Wildman–Crippen MR) is 49.1 cm³/mol. The van der Waals surface area contributed by atoms with Crippen LogP contribution >= 0.6 is 0 Å². The summed E-state index contributed by atoms with van der Waals surface area (Å²) in [5.74, 6) is -1.80. The summed E-state index contributed by atoms with van der Waals surface area (Å²) in [7, 11) is 0. The number of carboxylic acid groups (broad SMARTS) is 1. The number of aliphatic carboxylic acids is 1. The van der Waals surface area contributed by atoms with Gasteiger partial charge in [-0.15, -0.1) is 0 Å². The zero-order valence-electron chi connectivity index (χ0n) is 8.00. The summed E-state index contributed by atoms with van der Waals surface area (Å²) >= 11 is 0. The molecule has 0 heterocycles. The highest BCUT2D eigenvalue weighted by atomic mass is 19.3. The van der Waals surface area contributed by atoms with E-state index >= 15 is 0 Å². The van der Waals surface area contributed by atoms with Gasteiger partial charge < -0.3 is 10.2 Å². The summed E-state index contributed by atoms with van der Waals surface area (Å²) in [6, 6.07) is 2.53. The van der Waals surface area contributed by atoms with Crippen molar-refractivity contribution in [1.82, 2.24) is 0 Å². The van der Waals surface area contributed by atoms with Gasteiger partial charge in [0.05, 0.1) is 12.0 Å². The summed E-state index contributed by atoms with van der Waals surface area (Å²) in [6.45, 7) is 1.57. The fourth-order valence-corrected chi connectivity index (χ4v) is 1.35. The number of rotatable bonds is 3. The fraction of sp³-hybridized carbons (Fsp3) is 0.300. The van der Waals surface area contributed by atoms with Crippen LogP contribution in [0.5, 0.6) is 5.75 Å². The zero-order valence-corrected chi connectivity index (χ0v) is 8.00. The molecular formula is C10H10F2O3. The third-order valence-electron chi connectivity index (χ3n) is 1.94. The molecule has 15 heavy (non-hydrogen) atoms. The van der Waals surface area contributed by atoms with Crippen molar-refractivity contribution in [1.29, 1.82) is 0 Å². The van der Waals surface area contributed by atoms with Crippen LogP contribution in [0.15, 0.2) is 12.1 Å². The molecule has 1 aromatic carbocycles. The molecule has 0 aliphatic heterocycles. The van der Waals surface area contributed by atoms with E-state index in [9.17, 15) is 18.7 Å². The first-order valence-corrected chi connectivity index (χ1v) is 4.24. The number of phenols is 1. The summed E-state index contributed by atoms with van der Waals surface area (Å²) in [4.78, 5) is 10.4. The number of phenolic OH excluding ortho intramolecular Hbond substituents is 1. The van der Waals surface area contributed by atoms with Crippen molar-refractivity contribution in [3.8, 4) is 5.75 Å². The molecule has 0 unspecified atom stereocenters. The van der Waals surface area contributed by atoms with E-state index in [0.29, 0.717) is 5.56 Å². The summed E-state index contributed by atoms with van der Waals surface area (Å²) in [5, 5.41) is 17.9. The average Bonchev–Trinajstić information content (AvgIpc) is 2.09. The Morgan fingerprint density at radius 2 is 2.07 bits per heavy atom. The summed E-state index contributed by atoms with van der Waals surface area (Å²) in [5.41, 5.74) is -0.0107. The molecule has 1 rings (SSSR count). The number of hydrogen-bond donors (Lipinski definition) is 2. The molecule has 0 saturated carbocycles. The van der Waals surface area contributed by atoms with E-state index in [1.807, 2.05) is 0 Å². The largest absolute Gasteiger partial charge is 0.507 e. The standard InChI is InChI=1S/C10H10F2O3/c1-5-2-6(4-8(13)14)9(15)7(3-5)10(11)12/h2-3,10,15H,4H2,1H3,(H,13,14). The Labute approximate surface area is 85.0 Å². The third kappa shape index (κ3) is 2.65. The molecule has 0 aromatic heterocycles. The maximum atomic E-state index is 12.4. The van der Waals surface area contributed by atoms with Gasteiger partial charge >= 0.3 is 5.97 Å². The highest BCUT2D eigenvalue weighted by Gasteiger charge is 2.17. The maximum absolute atomic E-state index is 12.4. The van der Waals surface area contributed by atoms with Crippen LogP contribution in [0.25, 0.3) is 0 Å². The van der Waals surface area contributed by atoms with Crippen LogP contribution in [0.3, 0.4) is 0 Å². The number of hydrogen-bond acceptors (Lipinski definition) is 2. The highest BCUT2D eigenvalue weighted by molar-refractivity contribution is 5.71. The molecule has 0 atom stereocenters. The lowest BCUT2D eigenvalue weighted by Crippen LogP contribution is -2.02. The number of halogens is 2. The van der Waals surface area contributed by atoms with Crippen LogP contribution in [0.2, 0.25) is 0 Å². The predicted octanol–water partition coefficient (Wildman–Crippen LogP) is 2.27. The lowest BCUT2D eigenvalue weighted by molar-refractivity contribution is -0.136. The third-order valence-corrected chi connectivity index (χ3v) is 1.94. The van der Waals surface area contributed by atoms with Crippen molar-refractivity contribution in [2.75, 3.05) is 0 Å². The van der Waals surface area contributed by atoms with Crippen LogP contribution in [-0.4, -0.2) is 16.2 Å². The molecule has 1 aromatic rings. The van der Waals surface area contributed by atoms with Gasteiger partial charge in [-0.3, -0.25) is 4.79 Å². The minimum atomic E-state index is -2.81. The van der Waals surface area contributed by atoms with Gasteiger partial charge in [-0.2, -0.15) is 0 Å². The van der Waals surface area contributed by atoms with Gasteiger partial charge in [0, 0.05) is 5.56 Å². The van der Waals surface area contributed by atoms with Crippen molar-refractivity contribution < 1.29 is 23.8 Å². The van der Waals surface area contributed by atoms with E-state index in [4.69, 9.17) is 5.11 Å². The van der Waals surface area contributed by atoms with Gasteiger partial charge in [0.25, 0.3) is 6.43 Å². The van der Waals surface area contributed by atoms with Crippen LogP contribution in [0.1, 0.15) is 23.1 Å². The quantitative estimate of drug-likeness (QED) is 0.814. The van der Waals surface area contributed by atoms with Gasteiger partial charge in [-0.25, -0.2) is 8.78 Å². The molecule has 2 N–H and O–H groups in total. The second-order valence-corrected chi connectivity index (χ2v) is 3.23. The average molecular weight is 216 g/mol. The van der Waals surface area contributed by atoms with Crippen molar-refractivity contribution in [3.63, 3.8) is 0 Å². The first-order valence-electron chi connectivity index (χ1n) is 4.24. The second-order valence-electron chi connectivity index (χ2n) is 3.23. The summed E-state index contributed by atoms with van der Waals surface area (Å²) in [6.07, 6.45) is -3.27. The Kier molecular flexibility index (Phi) is 3.24. The van der Waals surface area contributed by atoms with E-state index in [0.717, 1.165) is 6.07 Å². The van der Waals surface area contributed by atoms with Gasteiger partial charge in [0.2, 0.25) is 0 Å². The molecular weight excluding hydrogens is 206 g/mol. The molecule has 82 valence electrons. The maximum Gasteiger partial charge on any atom is 0.307 e. The Bertz CT molecular complexity index is 388. The summed E-state index contributed by atoms with van der Waals surface area (Å²) < 4.78 is 24.8. The minimum absolute atomic E-state index is 0.0119. The van der Waals surface area contributed by atoms with Gasteiger partial charge in [-0.05, 0) is 13.0 Å². The zero-order chi connectivity index (χ0) is 11.6. The monoisotopic (exact) mass is 216 g/mol. The van der Waals surface area contributed by atoms with E-state index in [1.165, 1.54) is 6.07 Å². The Hall–Kier alpha value is -1.65. The van der Waals surface area contributed by atoms with Gasteiger partial charge in [-0.1, -0.05) is 11.6 Å². The molecule has 0 spiro atoms. The molecule has 0 amide bonds. The molecule has 0 fully saturated rings. The number of carbonyl (C=O) groups is 1. The van der Waals surface area contributed by atoms with Crippen LogP contribution in [-0.2, 0) is 11.2 Å². The molecule has 0 aliphatic rings. The van der Waals surface area contributed by atoms with E-state index in [2.05, 4.69) is 0 Å². The first-order chi connectivity index (χ1) is 6.91. The Morgan fingerprint density at radius 3 is 2.53 bits per heavy atom. The number of aromatic hydroxyl groups is 1. The topological polar surface area (TPSA) is 57.5 Å². The van der Waals surface area contributed by atoms with Crippen molar-refractivity contribution in [2.24, 2.45) is 0 Å². The number of benzene rings is 1. The first kappa shape index (κ1) is 11.4. The van der Waals surface area contributed by atoms with Crippen molar-refractivity contribution in [2.45, 2.75) is 19.8 Å². The Morgan fingerprint density at radius 1 is 1.47 bits per heavy atom. The Balaban J connectivity index is 3.21. The van der Waals surface area contributed by atoms with Crippen molar-refractivity contribution in [3.05, 3.63) is 28.8 Å². The smallest absolute Gasteiger partial charge is 0.307 e. The fourth-order valence-electron chi connectivity index (χ4n) is 1.35. The van der Waals surface area contributed by atoms with E-state index in [1.54, 1.807) is 6.92 Å². The molecule has 0 aliphatic carbocycles. The SMILES string of the molecule is Cc1cc(CC(=O)O)c(O)c(C(F)F)c1. The van der Waals surface area contributed by atoms with Crippen molar-refractivity contribution >= 4 is 5.97 Å². The lowest BCUT2D eigenvalue weighted by Gasteiger charge is -2.09. The van der Waals surface area contributed by atoms with Crippen LogP contribution < -0.4 is 0 Å². The van der Waals surface area contributed by atoms with Crippen LogP contribution in [0.4, 0.5) is 8.78 Å². The van der Waals surface area contributed by atoms with Crippen LogP contribution in [0, 0.1) is 6.92 Å². The number of aryl methyl sites for hydroxylation is 1. The molecule has 0 bridgehead atoms. The molecule has 0 radical (unpaired) electrons.